The summed E-state index contributed by atoms with van der Waals surface area (Å²) in [7, 11) is 0. The van der Waals surface area contributed by atoms with Crippen molar-refractivity contribution in [1.82, 2.24) is 0 Å². The van der Waals surface area contributed by atoms with Gasteiger partial charge < -0.3 is 11.1 Å². The molecule has 0 atom stereocenters. The summed E-state index contributed by atoms with van der Waals surface area (Å²) in [6.07, 6.45) is -2.36. The standard InChI is InChI=1S/C10H12F2N2S/c1-6-4-7(14-5-9(11)12)2-3-8(6)10(13)15/h2-4,9,14H,5H2,1H3,(H2,13,15). The average Bonchev–Trinajstić information content (AvgIpc) is 2.14. The van der Waals surface area contributed by atoms with Crippen LogP contribution in [0.15, 0.2) is 18.2 Å². The van der Waals surface area contributed by atoms with Gasteiger partial charge in [-0.1, -0.05) is 12.2 Å². The van der Waals surface area contributed by atoms with E-state index in [1.807, 2.05) is 6.92 Å². The third kappa shape index (κ3) is 3.43. The Hall–Kier alpha value is -1.23. The molecule has 0 saturated heterocycles. The smallest absolute Gasteiger partial charge is 0.255 e. The van der Waals surface area contributed by atoms with Gasteiger partial charge in [0.15, 0.2) is 0 Å². The van der Waals surface area contributed by atoms with Crippen molar-refractivity contribution in [2.24, 2.45) is 5.73 Å². The maximum Gasteiger partial charge on any atom is 0.255 e. The normalized spacial score (nSPS) is 10.4. The molecule has 0 spiro atoms. The lowest BCUT2D eigenvalue weighted by Crippen LogP contribution is -2.13. The van der Waals surface area contributed by atoms with E-state index in [1.165, 1.54) is 0 Å². The second-order valence-electron chi connectivity index (χ2n) is 3.17. The van der Waals surface area contributed by atoms with Gasteiger partial charge in [-0.15, -0.1) is 0 Å². The Morgan fingerprint density at radius 1 is 1.53 bits per heavy atom. The molecule has 1 rings (SSSR count). The molecule has 0 aliphatic carbocycles. The molecule has 0 saturated carbocycles. The fraction of sp³-hybridized carbons (Fsp3) is 0.300. The Bertz CT molecular complexity index is 366. The second-order valence-corrected chi connectivity index (χ2v) is 3.61. The molecule has 0 unspecified atom stereocenters. The number of anilines is 1. The highest BCUT2D eigenvalue weighted by atomic mass is 32.1. The monoisotopic (exact) mass is 230 g/mol. The lowest BCUT2D eigenvalue weighted by atomic mass is 10.1. The van der Waals surface area contributed by atoms with Crippen LogP contribution in [0, 0.1) is 6.92 Å². The first-order valence-electron chi connectivity index (χ1n) is 4.43. The highest BCUT2D eigenvalue weighted by Gasteiger charge is 2.04. The largest absolute Gasteiger partial charge is 0.389 e. The molecule has 82 valence electrons. The summed E-state index contributed by atoms with van der Waals surface area (Å²) in [6, 6.07) is 5.16. The van der Waals surface area contributed by atoms with Gasteiger partial charge in [-0.3, -0.25) is 0 Å². The van der Waals surface area contributed by atoms with E-state index < -0.39 is 6.43 Å². The maximum atomic E-state index is 11.9. The zero-order chi connectivity index (χ0) is 11.4. The number of alkyl halides is 2. The van der Waals surface area contributed by atoms with E-state index in [0.29, 0.717) is 10.7 Å². The first kappa shape index (κ1) is 11.8. The fourth-order valence-corrected chi connectivity index (χ4v) is 1.47. The number of aryl methyl sites for hydroxylation is 1. The molecule has 0 heterocycles. The summed E-state index contributed by atoms with van der Waals surface area (Å²) < 4.78 is 23.9. The van der Waals surface area contributed by atoms with Crippen molar-refractivity contribution < 1.29 is 8.78 Å². The number of hydrogen-bond donors (Lipinski definition) is 2. The molecule has 1 aromatic rings. The van der Waals surface area contributed by atoms with Gasteiger partial charge >= 0.3 is 0 Å². The van der Waals surface area contributed by atoms with Crippen molar-refractivity contribution in [1.29, 1.82) is 0 Å². The zero-order valence-corrected chi connectivity index (χ0v) is 9.07. The number of halogens is 2. The molecule has 0 aromatic heterocycles. The Labute approximate surface area is 92.5 Å². The number of rotatable bonds is 4. The van der Waals surface area contributed by atoms with E-state index in [-0.39, 0.29) is 6.54 Å². The lowest BCUT2D eigenvalue weighted by Gasteiger charge is -2.09. The molecule has 1 aromatic carbocycles. The first-order chi connectivity index (χ1) is 7.00. The number of thiocarbonyl (C=S) groups is 1. The number of nitrogens with one attached hydrogen (secondary N) is 1. The molecule has 0 aliphatic heterocycles. The van der Waals surface area contributed by atoms with E-state index in [4.69, 9.17) is 18.0 Å². The van der Waals surface area contributed by atoms with E-state index in [0.717, 1.165) is 11.1 Å². The van der Waals surface area contributed by atoms with Crippen LogP contribution >= 0.6 is 12.2 Å². The van der Waals surface area contributed by atoms with Gasteiger partial charge in [-0.2, -0.15) is 0 Å². The van der Waals surface area contributed by atoms with Crippen molar-refractivity contribution in [3.63, 3.8) is 0 Å². The zero-order valence-electron chi connectivity index (χ0n) is 8.26. The summed E-state index contributed by atoms with van der Waals surface area (Å²) in [4.78, 5) is 0.313. The topological polar surface area (TPSA) is 38.0 Å². The van der Waals surface area contributed by atoms with Gasteiger partial charge in [0.2, 0.25) is 0 Å². The van der Waals surface area contributed by atoms with Crippen molar-refractivity contribution >= 4 is 22.9 Å². The van der Waals surface area contributed by atoms with Gasteiger partial charge in [0.1, 0.15) is 4.99 Å². The summed E-state index contributed by atoms with van der Waals surface area (Å²) in [5.74, 6) is 0. The minimum atomic E-state index is -2.36. The first-order valence-corrected chi connectivity index (χ1v) is 4.84. The van der Waals surface area contributed by atoms with Gasteiger partial charge in [0, 0.05) is 11.3 Å². The molecule has 0 amide bonds. The van der Waals surface area contributed by atoms with Crippen molar-refractivity contribution in [2.45, 2.75) is 13.3 Å². The van der Waals surface area contributed by atoms with Crippen LogP contribution in [0.25, 0.3) is 0 Å². The third-order valence-corrected chi connectivity index (χ3v) is 2.17. The highest BCUT2D eigenvalue weighted by molar-refractivity contribution is 7.80. The molecule has 0 radical (unpaired) electrons. The fourth-order valence-electron chi connectivity index (χ4n) is 1.25. The minimum Gasteiger partial charge on any atom is -0.389 e. The molecular formula is C10H12F2N2S. The molecule has 0 aliphatic rings. The van der Waals surface area contributed by atoms with E-state index in [2.05, 4.69) is 5.32 Å². The van der Waals surface area contributed by atoms with Crippen molar-refractivity contribution in [3.8, 4) is 0 Å². The van der Waals surface area contributed by atoms with E-state index in [1.54, 1.807) is 18.2 Å². The van der Waals surface area contributed by atoms with Crippen LogP contribution in [0.5, 0.6) is 0 Å². The van der Waals surface area contributed by atoms with Crippen molar-refractivity contribution in [2.75, 3.05) is 11.9 Å². The van der Waals surface area contributed by atoms with E-state index >= 15 is 0 Å². The average molecular weight is 230 g/mol. The Kier molecular flexibility index (Phi) is 3.96. The Morgan fingerprint density at radius 3 is 2.67 bits per heavy atom. The third-order valence-electron chi connectivity index (χ3n) is 1.95. The molecule has 2 nitrogen and oxygen atoms in total. The number of hydrogen-bond acceptors (Lipinski definition) is 2. The molecular weight excluding hydrogens is 218 g/mol. The predicted octanol–water partition coefficient (Wildman–Crippen LogP) is 2.31. The van der Waals surface area contributed by atoms with E-state index in [9.17, 15) is 8.78 Å². The molecule has 0 fully saturated rings. The molecule has 5 heteroatoms. The van der Waals surface area contributed by atoms with Crippen LogP contribution in [-0.4, -0.2) is 18.0 Å². The summed E-state index contributed by atoms with van der Waals surface area (Å²) in [6.45, 7) is 1.48. The molecule has 0 bridgehead atoms. The number of nitrogens with two attached hydrogens (primary N) is 1. The van der Waals surface area contributed by atoms with Gasteiger partial charge in [0.25, 0.3) is 6.43 Å². The minimum absolute atomic E-state index is 0.313. The summed E-state index contributed by atoms with van der Waals surface area (Å²) >= 11 is 4.84. The van der Waals surface area contributed by atoms with Crippen LogP contribution in [0.4, 0.5) is 14.5 Å². The highest BCUT2D eigenvalue weighted by Crippen LogP contribution is 2.15. The molecule has 15 heavy (non-hydrogen) atoms. The van der Waals surface area contributed by atoms with Crippen LogP contribution in [0.3, 0.4) is 0 Å². The lowest BCUT2D eigenvalue weighted by molar-refractivity contribution is 0.163. The number of benzene rings is 1. The van der Waals surface area contributed by atoms with Crippen LogP contribution in [-0.2, 0) is 0 Å². The van der Waals surface area contributed by atoms with Gasteiger partial charge in [-0.25, -0.2) is 8.78 Å². The molecule has 3 N–H and O–H groups in total. The predicted molar refractivity (Wildman–Crippen MR) is 61.6 cm³/mol. The Morgan fingerprint density at radius 2 is 2.20 bits per heavy atom. The van der Waals surface area contributed by atoms with Gasteiger partial charge in [0.05, 0.1) is 6.54 Å². The summed E-state index contributed by atoms with van der Waals surface area (Å²) in [5, 5.41) is 2.62. The van der Waals surface area contributed by atoms with Crippen LogP contribution in [0.1, 0.15) is 11.1 Å². The summed E-state index contributed by atoms with van der Waals surface area (Å²) in [5.41, 5.74) is 7.77. The van der Waals surface area contributed by atoms with Crippen LogP contribution in [0.2, 0.25) is 0 Å². The Balaban J connectivity index is 2.78. The quantitative estimate of drug-likeness (QED) is 0.779. The van der Waals surface area contributed by atoms with Crippen molar-refractivity contribution in [3.05, 3.63) is 29.3 Å². The second kappa shape index (κ2) is 5.02. The maximum absolute atomic E-state index is 11.9. The van der Waals surface area contributed by atoms with Crippen LogP contribution < -0.4 is 11.1 Å². The van der Waals surface area contributed by atoms with Gasteiger partial charge in [-0.05, 0) is 30.7 Å². The SMILES string of the molecule is Cc1cc(NCC(F)F)ccc1C(N)=S.